The first-order chi connectivity index (χ1) is 8.47. The van der Waals surface area contributed by atoms with Gasteiger partial charge in [-0.25, -0.2) is 9.37 Å². The van der Waals surface area contributed by atoms with Crippen molar-refractivity contribution < 1.29 is 4.39 Å². The number of aromatic nitrogens is 1. The van der Waals surface area contributed by atoms with Gasteiger partial charge in [0.25, 0.3) is 0 Å². The van der Waals surface area contributed by atoms with Gasteiger partial charge < -0.3 is 5.32 Å². The fraction of sp³-hybridized carbons (Fsp3) is 0.0833. The Balaban J connectivity index is 2.31. The van der Waals surface area contributed by atoms with Gasteiger partial charge in [-0.1, -0.05) is 23.2 Å². The summed E-state index contributed by atoms with van der Waals surface area (Å²) in [6.45, 7) is 1.87. The number of halogens is 4. The Morgan fingerprint density at radius 3 is 2.39 bits per heavy atom. The Bertz CT molecular complexity index is 582. The summed E-state index contributed by atoms with van der Waals surface area (Å²) in [4.78, 5) is 4.31. The van der Waals surface area contributed by atoms with Crippen LogP contribution in [0.2, 0.25) is 10.0 Å². The first-order valence-electron chi connectivity index (χ1n) is 5.02. The Hall–Kier alpha value is -0.840. The smallest absolute Gasteiger partial charge is 0.160 e. The summed E-state index contributed by atoms with van der Waals surface area (Å²) in [5.74, 6) is 0.0123. The maximum atomic E-state index is 13.3. The van der Waals surface area contributed by atoms with Crippen molar-refractivity contribution in [2.75, 3.05) is 5.32 Å². The van der Waals surface area contributed by atoms with Crippen molar-refractivity contribution in [1.29, 1.82) is 0 Å². The second kappa shape index (κ2) is 5.43. The van der Waals surface area contributed by atoms with Gasteiger partial charge in [0, 0.05) is 10.2 Å². The lowest BCUT2D eigenvalue weighted by molar-refractivity contribution is 0.629. The van der Waals surface area contributed by atoms with Gasteiger partial charge in [-0.3, -0.25) is 0 Å². The Kier molecular flexibility index (Phi) is 4.10. The van der Waals surface area contributed by atoms with Crippen LogP contribution >= 0.6 is 39.1 Å². The zero-order valence-corrected chi connectivity index (χ0v) is 12.4. The van der Waals surface area contributed by atoms with Crippen LogP contribution in [0, 0.1) is 12.7 Å². The molecule has 0 aliphatic heterocycles. The van der Waals surface area contributed by atoms with E-state index in [-0.39, 0.29) is 10.0 Å². The molecule has 18 heavy (non-hydrogen) atoms. The molecule has 0 aliphatic carbocycles. The number of aryl methyl sites for hydroxylation is 1. The average molecular weight is 350 g/mol. The van der Waals surface area contributed by atoms with E-state index in [1.165, 1.54) is 12.1 Å². The summed E-state index contributed by atoms with van der Waals surface area (Å²) in [7, 11) is 0. The van der Waals surface area contributed by atoms with Crippen LogP contribution in [0.15, 0.2) is 28.7 Å². The molecule has 1 N–H and O–H groups in total. The van der Waals surface area contributed by atoms with Crippen LogP contribution in [0.1, 0.15) is 5.69 Å². The molecule has 94 valence electrons. The molecule has 0 amide bonds. The first-order valence-corrected chi connectivity index (χ1v) is 6.57. The number of anilines is 2. The maximum Gasteiger partial charge on any atom is 0.160 e. The number of hydrogen-bond acceptors (Lipinski definition) is 2. The number of nitrogens with zero attached hydrogens (tertiary/aromatic N) is 1. The SMILES string of the molecule is Cc1nc(Nc2cc(Cl)c(F)c(Cl)c2)ccc1Br. The maximum absolute atomic E-state index is 13.3. The van der Waals surface area contributed by atoms with Crippen molar-refractivity contribution in [2.24, 2.45) is 0 Å². The minimum Gasteiger partial charge on any atom is -0.340 e. The number of nitrogens with one attached hydrogen (secondary N) is 1. The highest BCUT2D eigenvalue weighted by Gasteiger charge is 2.08. The largest absolute Gasteiger partial charge is 0.340 e. The van der Waals surface area contributed by atoms with E-state index in [4.69, 9.17) is 23.2 Å². The Morgan fingerprint density at radius 2 is 1.83 bits per heavy atom. The molecule has 0 atom stereocenters. The quantitative estimate of drug-likeness (QED) is 0.740. The molecule has 0 aliphatic rings. The Labute approximate surface area is 122 Å². The van der Waals surface area contributed by atoms with Crippen LogP contribution in [0.4, 0.5) is 15.9 Å². The predicted molar refractivity (Wildman–Crippen MR) is 76.4 cm³/mol. The van der Waals surface area contributed by atoms with Crippen LogP contribution in [0.5, 0.6) is 0 Å². The molecular weight excluding hydrogens is 342 g/mol. The fourth-order valence-electron chi connectivity index (χ4n) is 1.39. The summed E-state index contributed by atoms with van der Waals surface area (Å²) in [6.07, 6.45) is 0. The molecule has 0 fully saturated rings. The van der Waals surface area contributed by atoms with Crippen LogP contribution in [-0.4, -0.2) is 4.98 Å². The molecule has 0 saturated heterocycles. The van der Waals surface area contributed by atoms with Gasteiger partial charge in [-0.15, -0.1) is 0 Å². The minimum atomic E-state index is -0.621. The van der Waals surface area contributed by atoms with Crippen molar-refractivity contribution >= 4 is 50.6 Å². The Morgan fingerprint density at radius 1 is 1.22 bits per heavy atom. The highest BCUT2D eigenvalue weighted by molar-refractivity contribution is 9.10. The normalized spacial score (nSPS) is 10.5. The van der Waals surface area contributed by atoms with E-state index in [0.29, 0.717) is 11.5 Å². The van der Waals surface area contributed by atoms with Crippen molar-refractivity contribution in [2.45, 2.75) is 6.92 Å². The van der Waals surface area contributed by atoms with Crippen LogP contribution in [-0.2, 0) is 0 Å². The summed E-state index contributed by atoms with van der Waals surface area (Å²) >= 11 is 14.8. The lowest BCUT2D eigenvalue weighted by Crippen LogP contribution is -1.96. The molecule has 0 bridgehead atoms. The van der Waals surface area contributed by atoms with E-state index in [0.717, 1.165) is 10.2 Å². The standard InChI is InChI=1S/C12H8BrCl2FN2/c1-6-8(13)2-3-11(17-6)18-7-4-9(14)12(16)10(15)5-7/h2-5H,1H3,(H,17,18). The van der Waals surface area contributed by atoms with E-state index in [1.54, 1.807) is 6.07 Å². The minimum absolute atomic E-state index is 0.0289. The molecule has 2 aromatic rings. The summed E-state index contributed by atoms with van der Waals surface area (Å²) < 4.78 is 14.2. The van der Waals surface area contributed by atoms with Gasteiger partial charge in [-0.05, 0) is 47.1 Å². The number of rotatable bonds is 2. The van der Waals surface area contributed by atoms with Gasteiger partial charge in [0.15, 0.2) is 5.82 Å². The summed E-state index contributed by atoms with van der Waals surface area (Å²) in [5.41, 5.74) is 1.43. The first kappa shape index (κ1) is 13.6. The summed E-state index contributed by atoms with van der Waals surface area (Å²) in [5, 5.41) is 2.96. The molecule has 0 saturated carbocycles. The molecule has 0 unspecified atom stereocenters. The highest BCUT2D eigenvalue weighted by atomic mass is 79.9. The molecule has 2 rings (SSSR count). The van der Waals surface area contributed by atoms with E-state index < -0.39 is 5.82 Å². The zero-order chi connectivity index (χ0) is 13.3. The predicted octanol–water partition coefficient (Wildman–Crippen LogP) is 5.34. The lowest BCUT2D eigenvalue weighted by Gasteiger charge is -2.08. The van der Waals surface area contributed by atoms with E-state index in [1.807, 2.05) is 13.0 Å². The van der Waals surface area contributed by atoms with Gasteiger partial charge in [0.2, 0.25) is 0 Å². The summed E-state index contributed by atoms with van der Waals surface area (Å²) in [6, 6.07) is 6.59. The third-order valence-corrected chi connectivity index (χ3v) is 3.67. The van der Waals surface area contributed by atoms with Gasteiger partial charge in [-0.2, -0.15) is 0 Å². The van der Waals surface area contributed by atoms with Gasteiger partial charge in [0.05, 0.1) is 15.7 Å². The van der Waals surface area contributed by atoms with Crippen molar-refractivity contribution in [1.82, 2.24) is 4.98 Å². The fourth-order valence-corrected chi connectivity index (χ4v) is 2.10. The molecule has 6 heteroatoms. The molecule has 1 aromatic heterocycles. The molecular formula is C12H8BrCl2FN2. The third kappa shape index (κ3) is 2.94. The average Bonchev–Trinajstić information content (AvgIpc) is 2.31. The molecule has 1 aromatic carbocycles. The second-order valence-electron chi connectivity index (χ2n) is 3.64. The van der Waals surface area contributed by atoms with Gasteiger partial charge >= 0.3 is 0 Å². The van der Waals surface area contributed by atoms with E-state index in [2.05, 4.69) is 26.2 Å². The van der Waals surface area contributed by atoms with Crippen molar-refractivity contribution in [3.8, 4) is 0 Å². The molecule has 0 spiro atoms. The molecule has 1 heterocycles. The highest BCUT2D eigenvalue weighted by Crippen LogP contribution is 2.29. The van der Waals surface area contributed by atoms with Crippen LogP contribution < -0.4 is 5.32 Å². The van der Waals surface area contributed by atoms with Crippen molar-refractivity contribution in [3.63, 3.8) is 0 Å². The molecule has 0 radical (unpaired) electrons. The topological polar surface area (TPSA) is 24.9 Å². The number of benzene rings is 1. The zero-order valence-electron chi connectivity index (χ0n) is 9.27. The van der Waals surface area contributed by atoms with Crippen molar-refractivity contribution in [3.05, 3.63) is 50.3 Å². The van der Waals surface area contributed by atoms with E-state index >= 15 is 0 Å². The number of hydrogen-bond donors (Lipinski definition) is 1. The van der Waals surface area contributed by atoms with Crippen LogP contribution in [0.25, 0.3) is 0 Å². The van der Waals surface area contributed by atoms with E-state index in [9.17, 15) is 4.39 Å². The number of pyridine rings is 1. The molecule has 2 nitrogen and oxygen atoms in total. The van der Waals surface area contributed by atoms with Crippen LogP contribution in [0.3, 0.4) is 0 Å². The second-order valence-corrected chi connectivity index (χ2v) is 5.31. The van der Waals surface area contributed by atoms with Gasteiger partial charge in [0.1, 0.15) is 5.82 Å². The monoisotopic (exact) mass is 348 g/mol. The lowest BCUT2D eigenvalue weighted by atomic mass is 10.3. The third-order valence-electron chi connectivity index (χ3n) is 2.28.